The lowest BCUT2D eigenvalue weighted by molar-refractivity contribution is -0.386. The topological polar surface area (TPSA) is 74.5 Å². The minimum Gasteiger partial charge on any atom is -0.481 e. The summed E-state index contributed by atoms with van der Waals surface area (Å²) in [4.78, 5) is 13.2. The number of ether oxygens (including phenoxy) is 2. The van der Waals surface area contributed by atoms with Crippen molar-refractivity contribution in [1.82, 2.24) is 4.98 Å². The molecule has 0 aromatic carbocycles. The molecular formula is C8H8F2N2O4. The summed E-state index contributed by atoms with van der Waals surface area (Å²) in [5.74, 6) is -0.760. The molecule has 0 spiro atoms. The molecule has 0 aliphatic heterocycles. The molecule has 88 valence electrons. The molecule has 0 saturated heterocycles. The number of rotatable bonds is 4. The average molecular weight is 234 g/mol. The van der Waals surface area contributed by atoms with Gasteiger partial charge in [0.1, 0.15) is 0 Å². The average Bonchev–Trinajstić information content (AvgIpc) is 2.26. The fraction of sp³-hybridized carbons (Fsp3) is 0.375. The minimum atomic E-state index is -2.91. The summed E-state index contributed by atoms with van der Waals surface area (Å²) >= 11 is 0. The third kappa shape index (κ3) is 2.15. The smallest absolute Gasteiger partial charge is 0.331 e. The van der Waals surface area contributed by atoms with Crippen LogP contribution in [-0.2, 0) is 0 Å². The summed E-state index contributed by atoms with van der Waals surface area (Å²) in [6.07, 6.45) is -2.91. The SMILES string of the molecule is COc1nc(OC)c([N+](=O)[O-])cc1C(F)F. The van der Waals surface area contributed by atoms with Crippen LogP contribution < -0.4 is 9.47 Å². The van der Waals surface area contributed by atoms with Crippen LogP contribution in [0, 0.1) is 10.1 Å². The van der Waals surface area contributed by atoms with Gasteiger partial charge in [0.2, 0.25) is 5.88 Å². The second kappa shape index (κ2) is 4.69. The number of alkyl halides is 2. The zero-order valence-electron chi connectivity index (χ0n) is 8.44. The Kier molecular flexibility index (Phi) is 3.54. The molecule has 0 atom stereocenters. The van der Waals surface area contributed by atoms with Crippen molar-refractivity contribution in [2.24, 2.45) is 0 Å². The number of nitrogens with zero attached hydrogens (tertiary/aromatic N) is 2. The Morgan fingerprint density at radius 3 is 2.31 bits per heavy atom. The van der Waals surface area contributed by atoms with Gasteiger partial charge in [-0.1, -0.05) is 0 Å². The summed E-state index contributed by atoms with van der Waals surface area (Å²) in [6, 6.07) is 0.690. The molecule has 0 aliphatic carbocycles. The Morgan fingerprint density at radius 2 is 1.94 bits per heavy atom. The lowest BCUT2D eigenvalue weighted by Gasteiger charge is -2.08. The van der Waals surface area contributed by atoms with Crippen molar-refractivity contribution in [2.45, 2.75) is 6.43 Å². The van der Waals surface area contributed by atoms with Gasteiger partial charge in [0, 0.05) is 6.07 Å². The molecule has 1 aromatic heterocycles. The fourth-order valence-corrected chi connectivity index (χ4v) is 1.09. The Labute approximate surface area is 89.0 Å². The quantitative estimate of drug-likeness (QED) is 0.587. The van der Waals surface area contributed by atoms with Crippen LogP contribution in [0.4, 0.5) is 14.5 Å². The molecule has 0 unspecified atom stereocenters. The Hall–Kier alpha value is -1.99. The van der Waals surface area contributed by atoms with E-state index in [-0.39, 0.29) is 5.88 Å². The second-order valence-corrected chi connectivity index (χ2v) is 2.67. The molecule has 0 N–H and O–H groups in total. The maximum Gasteiger partial charge on any atom is 0.331 e. The van der Waals surface area contributed by atoms with Gasteiger partial charge >= 0.3 is 5.69 Å². The number of aromatic nitrogens is 1. The van der Waals surface area contributed by atoms with Crippen LogP contribution in [-0.4, -0.2) is 24.1 Å². The van der Waals surface area contributed by atoms with E-state index in [0.29, 0.717) is 6.07 Å². The Bertz CT molecular complexity index is 411. The third-order valence-corrected chi connectivity index (χ3v) is 1.78. The first-order valence-electron chi connectivity index (χ1n) is 4.06. The molecule has 1 aromatic rings. The summed E-state index contributed by atoms with van der Waals surface area (Å²) in [5.41, 5.74) is -1.27. The van der Waals surface area contributed by atoms with E-state index in [4.69, 9.17) is 0 Å². The standard InChI is InChI=1S/C8H8F2N2O4/c1-15-7-4(6(9)10)3-5(12(13)14)8(11-7)16-2/h3,6H,1-2H3. The van der Waals surface area contributed by atoms with Crippen molar-refractivity contribution in [2.75, 3.05) is 14.2 Å². The molecule has 6 nitrogen and oxygen atoms in total. The van der Waals surface area contributed by atoms with Gasteiger partial charge in [-0.25, -0.2) is 8.78 Å². The van der Waals surface area contributed by atoms with E-state index in [0.717, 1.165) is 14.2 Å². The lowest BCUT2D eigenvalue weighted by Crippen LogP contribution is -2.02. The third-order valence-electron chi connectivity index (χ3n) is 1.78. The largest absolute Gasteiger partial charge is 0.481 e. The Morgan fingerprint density at radius 1 is 1.38 bits per heavy atom. The van der Waals surface area contributed by atoms with E-state index >= 15 is 0 Å². The van der Waals surface area contributed by atoms with E-state index in [1.165, 1.54) is 0 Å². The second-order valence-electron chi connectivity index (χ2n) is 2.67. The molecule has 0 fully saturated rings. The monoisotopic (exact) mass is 234 g/mol. The predicted molar refractivity (Wildman–Crippen MR) is 49.0 cm³/mol. The highest BCUT2D eigenvalue weighted by atomic mass is 19.3. The van der Waals surface area contributed by atoms with Crippen LogP contribution in [0.5, 0.6) is 11.8 Å². The van der Waals surface area contributed by atoms with E-state index < -0.39 is 28.5 Å². The van der Waals surface area contributed by atoms with Crippen LogP contribution in [0.1, 0.15) is 12.0 Å². The summed E-state index contributed by atoms with van der Waals surface area (Å²) < 4.78 is 34.2. The summed E-state index contributed by atoms with van der Waals surface area (Å²) in [6.45, 7) is 0. The summed E-state index contributed by atoms with van der Waals surface area (Å²) in [5, 5.41) is 10.6. The van der Waals surface area contributed by atoms with E-state index in [9.17, 15) is 18.9 Å². The maximum atomic E-state index is 12.5. The highest BCUT2D eigenvalue weighted by Gasteiger charge is 2.25. The van der Waals surface area contributed by atoms with Crippen molar-refractivity contribution in [1.29, 1.82) is 0 Å². The molecule has 0 amide bonds. The molecule has 1 heterocycles. The van der Waals surface area contributed by atoms with Gasteiger partial charge in [-0.2, -0.15) is 4.98 Å². The molecule has 16 heavy (non-hydrogen) atoms. The normalized spacial score (nSPS) is 10.3. The number of hydrogen-bond acceptors (Lipinski definition) is 5. The van der Waals surface area contributed by atoms with Crippen molar-refractivity contribution in [3.8, 4) is 11.8 Å². The van der Waals surface area contributed by atoms with Crippen LogP contribution in [0.15, 0.2) is 6.07 Å². The molecule has 0 saturated carbocycles. The number of nitro groups is 1. The first kappa shape index (κ1) is 12.1. The van der Waals surface area contributed by atoms with Crippen LogP contribution >= 0.6 is 0 Å². The van der Waals surface area contributed by atoms with Gasteiger partial charge in [0.15, 0.2) is 0 Å². The van der Waals surface area contributed by atoms with Gasteiger partial charge in [0.05, 0.1) is 24.7 Å². The molecule has 0 aliphatic rings. The highest BCUT2D eigenvalue weighted by molar-refractivity contribution is 5.48. The van der Waals surface area contributed by atoms with Crippen molar-refractivity contribution < 1.29 is 23.2 Å². The minimum absolute atomic E-state index is 0.369. The van der Waals surface area contributed by atoms with Gasteiger partial charge < -0.3 is 9.47 Å². The van der Waals surface area contributed by atoms with Gasteiger partial charge in [-0.05, 0) is 0 Å². The number of pyridine rings is 1. The first-order chi connectivity index (χ1) is 7.51. The van der Waals surface area contributed by atoms with E-state index in [2.05, 4.69) is 14.5 Å². The lowest BCUT2D eigenvalue weighted by atomic mass is 10.2. The van der Waals surface area contributed by atoms with Gasteiger partial charge in [0.25, 0.3) is 12.3 Å². The van der Waals surface area contributed by atoms with Gasteiger partial charge in [-0.3, -0.25) is 10.1 Å². The predicted octanol–water partition coefficient (Wildman–Crippen LogP) is 1.94. The zero-order chi connectivity index (χ0) is 12.3. The molecule has 1 rings (SSSR count). The van der Waals surface area contributed by atoms with Crippen LogP contribution in [0.25, 0.3) is 0 Å². The van der Waals surface area contributed by atoms with Crippen LogP contribution in [0.2, 0.25) is 0 Å². The zero-order valence-corrected chi connectivity index (χ0v) is 8.44. The molecule has 8 heteroatoms. The first-order valence-corrected chi connectivity index (χ1v) is 4.06. The highest BCUT2D eigenvalue weighted by Crippen LogP contribution is 2.35. The number of halogens is 2. The number of methoxy groups -OCH3 is 2. The van der Waals surface area contributed by atoms with E-state index in [1.54, 1.807) is 0 Å². The van der Waals surface area contributed by atoms with Crippen molar-refractivity contribution in [3.05, 3.63) is 21.7 Å². The van der Waals surface area contributed by atoms with Crippen molar-refractivity contribution in [3.63, 3.8) is 0 Å². The van der Waals surface area contributed by atoms with Gasteiger partial charge in [-0.15, -0.1) is 0 Å². The molecular weight excluding hydrogens is 226 g/mol. The molecule has 0 radical (unpaired) electrons. The van der Waals surface area contributed by atoms with Crippen LogP contribution in [0.3, 0.4) is 0 Å². The molecule has 0 bridgehead atoms. The fourth-order valence-electron chi connectivity index (χ4n) is 1.09. The number of hydrogen-bond donors (Lipinski definition) is 0. The Balaban J connectivity index is 3.40. The van der Waals surface area contributed by atoms with E-state index in [1.807, 2.05) is 0 Å². The summed E-state index contributed by atoms with van der Waals surface area (Å²) in [7, 11) is 2.29. The maximum absolute atomic E-state index is 12.5. The van der Waals surface area contributed by atoms with Crippen molar-refractivity contribution >= 4 is 5.69 Å².